The van der Waals surface area contributed by atoms with Crippen molar-refractivity contribution < 1.29 is 4.79 Å². The molecule has 0 fully saturated rings. The van der Waals surface area contributed by atoms with Gasteiger partial charge in [0.2, 0.25) is 0 Å². The first-order valence-electron chi connectivity index (χ1n) is 7.03. The van der Waals surface area contributed by atoms with Crippen LogP contribution in [0.4, 0.5) is 0 Å². The van der Waals surface area contributed by atoms with E-state index >= 15 is 0 Å². The maximum absolute atomic E-state index is 12.7. The molecule has 1 aliphatic heterocycles. The normalized spacial score (nSPS) is 14.0. The van der Waals surface area contributed by atoms with Crippen molar-refractivity contribution in [2.75, 3.05) is 13.1 Å². The second kappa shape index (κ2) is 7.28. The second-order valence-corrected chi connectivity index (χ2v) is 6.98. The largest absolute Gasteiger partial charge is 0.286 e. The maximum Gasteiger partial charge on any atom is 0.260 e. The van der Waals surface area contributed by atoms with E-state index in [0.717, 1.165) is 20.1 Å². The molecule has 5 heteroatoms. The summed E-state index contributed by atoms with van der Waals surface area (Å²) < 4.78 is 0.976. The van der Waals surface area contributed by atoms with Crippen molar-refractivity contribution in [1.82, 2.24) is 4.90 Å². The van der Waals surface area contributed by atoms with Crippen molar-refractivity contribution >= 4 is 45.4 Å². The number of amides is 1. The van der Waals surface area contributed by atoms with Gasteiger partial charge in [-0.25, -0.2) is 0 Å². The smallest absolute Gasteiger partial charge is 0.260 e. The Morgan fingerprint density at radius 3 is 2.64 bits per heavy atom. The maximum atomic E-state index is 12.7. The third-order valence-electron chi connectivity index (χ3n) is 3.36. The van der Waals surface area contributed by atoms with E-state index in [0.29, 0.717) is 13.1 Å². The Hall–Kier alpha value is -1.34. The van der Waals surface area contributed by atoms with Gasteiger partial charge >= 0.3 is 0 Å². The van der Waals surface area contributed by atoms with Crippen LogP contribution in [0.15, 0.2) is 59.6 Å². The first-order valence-corrected chi connectivity index (χ1v) is 9.10. The van der Waals surface area contributed by atoms with Crippen molar-refractivity contribution in [3.63, 3.8) is 0 Å². The second-order valence-electron chi connectivity index (χ2n) is 4.88. The third kappa shape index (κ3) is 3.52. The number of hydrogen-bond donors (Lipinski definition) is 0. The summed E-state index contributed by atoms with van der Waals surface area (Å²) in [5, 5.41) is 0.827. The molecule has 0 aromatic heterocycles. The van der Waals surface area contributed by atoms with Crippen molar-refractivity contribution in [2.24, 2.45) is 4.99 Å². The van der Waals surface area contributed by atoms with E-state index in [-0.39, 0.29) is 5.91 Å². The molecule has 0 atom stereocenters. The van der Waals surface area contributed by atoms with Crippen LogP contribution in [0.5, 0.6) is 0 Å². The Bertz CT molecular complexity index is 703. The van der Waals surface area contributed by atoms with Gasteiger partial charge in [-0.1, -0.05) is 54.2 Å². The van der Waals surface area contributed by atoms with Crippen LogP contribution in [0, 0.1) is 3.57 Å². The topological polar surface area (TPSA) is 32.7 Å². The fraction of sp³-hybridized carbons (Fsp3) is 0.176. The first kappa shape index (κ1) is 15.6. The van der Waals surface area contributed by atoms with Gasteiger partial charge in [-0.05, 0) is 40.3 Å². The number of carbonyl (C=O) groups excluding carboxylic acids is 1. The standard InChI is InChI=1S/C17H15IN2OS/c18-15-9-5-4-8-14(15)16(21)20-11-10-19-17(20)22-12-13-6-2-1-3-7-13/h1-9H,10-12H2. The van der Waals surface area contributed by atoms with Gasteiger partial charge in [0.1, 0.15) is 0 Å². The zero-order valence-electron chi connectivity index (χ0n) is 11.9. The minimum absolute atomic E-state index is 0.0433. The molecule has 0 saturated heterocycles. The Kier molecular flexibility index (Phi) is 5.15. The van der Waals surface area contributed by atoms with Crippen LogP contribution in [-0.4, -0.2) is 29.1 Å². The van der Waals surface area contributed by atoms with Crippen LogP contribution in [0.3, 0.4) is 0 Å². The van der Waals surface area contributed by atoms with Gasteiger partial charge in [0.25, 0.3) is 5.91 Å². The quantitative estimate of drug-likeness (QED) is 0.700. The summed E-state index contributed by atoms with van der Waals surface area (Å²) in [6, 6.07) is 17.9. The predicted molar refractivity (Wildman–Crippen MR) is 100 cm³/mol. The third-order valence-corrected chi connectivity index (χ3v) is 5.39. The van der Waals surface area contributed by atoms with E-state index in [9.17, 15) is 4.79 Å². The lowest BCUT2D eigenvalue weighted by Crippen LogP contribution is -2.33. The minimum Gasteiger partial charge on any atom is -0.286 e. The molecule has 22 heavy (non-hydrogen) atoms. The highest BCUT2D eigenvalue weighted by atomic mass is 127. The number of carbonyl (C=O) groups is 1. The zero-order chi connectivity index (χ0) is 15.4. The summed E-state index contributed by atoms with van der Waals surface area (Å²) in [6.07, 6.45) is 0. The molecule has 1 amide bonds. The van der Waals surface area contributed by atoms with Crippen molar-refractivity contribution in [2.45, 2.75) is 5.75 Å². The lowest BCUT2D eigenvalue weighted by Gasteiger charge is -2.18. The molecule has 1 heterocycles. The number of halogens is 1. The van der Waals surface area contributed by atoms with Gasteiger partial charge in [0, 0.05) is 15.9 Å². The van der Waals surface area contributed by atoms with Gasteiger partial charge in [0.05, 0.1) is 12.1 Å². The average Bonchev–Trinajstić information content (AvgIpc) is 3.02. The summed E-state index contributed by atoms with van der Waals surface area (Å²) in [5.74, 6) is 0.872. The number of thioether (sulfide) groups is 1. The fourth-order valence-electron chi connectivity index (χ4n) is 2.24. The monoisotopic (exact) mass is 422 g/mol. The molecular formula is C17H15IN2OS. The number of aliphatic imine (C=N–C) groups is 1. The van der Waals surface area contributed by atoms with E-state index in [1.54, 1.807) is 16.7 Å². The Labute approximate surface area is 148 Å². The molecule has 112 valence electrons. The molecule has 2 aromatic carbocycles. The molecule has 0 saturated carbocycles. The first-order chi connectivity index (χ1) is 10.8. The minimum atomic E-state index is 0.0433. The zero-order valence-corrected chi connectivity index (χ0v) is 14.9. The summed E-state index contributed by atoms with van der Waals surface area (Å²) in [7, 11) is 0. The lowest BCUT2D eigenvalue weighted by atomic mass is 10.2. The molecule has 0 N–H and O–H groups in total. The van der Waals surface area contributed by atoms with Crippen molar-refractivity contribution in [3.05, 3.63) is 69.3 Å². The number of hydrogen-bond acceptors (Lipinski definition) is 3. The van der Waals surface area contributed by atoms with E-state index < -0.39 is 0 Å². The van der Waals surface area contributed by atoms with Crippen LogP contribution in [0.2, 0.25) is 0 Å². The average molecular weight is 422 g/mol. The molecular weight excluding hydrogens is 407 g/mol. The summed E-state index contributed by atoms with van der Waals surface area (Å²) in [4.78, 5) is 19.0. The van der Waals surface area contributed by atoms with Crippen molar-refractivity contribution in [3.8, 4) is 0 Å². The van der Waals surface area contributed by atoms with E-state index in [1.165, 1.54) is 5.56 Å². The highest BCUT2D eigenvalue weighted by molar-refractivity contribution is 14.1. The molecule has 2 aromatic rings. The van der Waals surface area contributed by atoms with Crippen LogP contribution in [0.25, 0.3) is 0 Å². The van der Waals surface area contributed by atoms with Gasteiger partial charge in [0.15, 0.2) is 5.17 Å². The fourth-order valence-corrected chi connectivity index (χ4v) is 3.86. The molecule has 0 aliphatic carbocycles. The number of amidine groups is 1. The Morgan fingerprint density at radius 2 is 1.86 bits per heavy atom. The van der Waals surface area contributed by atoms with Crippen molar-refractivity contribution in [1.29, 1.82) is 0 Å². The van der Waals surface area contributed by atoms with Crippen LogP contribution in [0.1, 0.15) is 15.9 Å². The molecule has 0 radical (unpaired) electrons. The van der Waals surface area contributed by atoms with Gasteiger partial charge in [-0.3, -0.25) is 14.7 Å². The highest BCUT2D eigenvalue weighted by Crippen LogP contribution is 2.22. The van der Waals surface area contributed by atoms with Crippen LogP contribution < -0.4 is 0 Å². The van der Waals surface area contributed by atoms with Crippen LogP contribution in [-0.2, 0) is 5.75 Å². The highest BCUT2D eigenvalue weighted by Gasteiger charge is 2.26. The van der Waals surface area contributed by atoms with Gasteiger partial charge in [-0.2, -0.15) is 0 Å². The van der Waals surface area contributed by atoms with Gasteiger partial charge in [-0.15, -0.1) is 0 Å². The Balaban J connectivity index is 1.70. The van der Waals surface area contributed by atoms with E-state index in [4.69, 9.17) is 0 Å². The summed E-state index contributed by atoms with van der Waals surface area (Å²) in [6.45, 7) is 1.35. The molecule has 3 rings (SSSR count). The van der Waals surface area contributed by atoms with Gasteiger partial charge < -0.3 is 0 Å². The SMILES string of the molecule is O=C(c1ccccc1I)N1CCN=C1SCc1ccccc1. The lowest BCUT2D eigenvalue weighted by molar-refractivity contribution is 0.0859. The number of benzene rings is 2. The predicted octanol–water partition coefficient (Wildman–Crippen LogP) is 4.04. The molecule has 1 aliphatic rings. The summed E-state index contributed by atoms with van der Waals surface area (Å²) >= 11 is 3.83. The van der Waals surface area contributed by atoms with Crippen LogP contribution >= 0.6 is 34.4 Å². The molecule has 3 nitrogen and oxygen atoms in total. The summed E-state index contributed by atoms with van der Waals surface area (Å²) in [5.41, 5.74) is 1.99. The van der Waals surface area contributed by atoms with E-state index in [1.807, 2.05) is 42.5 Å². The molecule has 0 spiro atoms. The molecule has 0 bridgehead atoms. The number of rotatable bonds is 3. The van der Waals surface area contributed by atoms with E-state index in [2.05, 4.69) is 39.7 Å². The Morgan fingerprint density at radius 1 is 1.14 bits per heavy atom. The molecule has 0 unspecified atom stereocenters. The number of nitrogens with zero attached hydrogens (tertiary/aromatic N) is 2.